The van der Waals surface area contributed by atoms with E-state index in [1.54, 1.807) is 6.20 Å². The van der Waals surface area contributed by atoms with Crippen LogP contribution in [0.15, 0.2) is 23.5 Å². The Kier molecular flexibility index (Phi) is 3.41. The van der Waals surface area contributed by atoms with E-state index in [1.807, 2.05) is 12.1 Å². The van der Waals surface area contributed by atoms with E-state index in [9.17, 15) is 4.79 Å². The predicted octanol–water partition coefficient (Wildman–Crippen LogP) is 2.80. The van der Waals surface area contributed by atoms with Crippen molar-refractivity contribution in [1.29, 1.82) is 0 Å². The van der Waals surface area contributed by atoms with Gasteiger partial charge in [0.25, 0.3) is 0 Å². The Bertz CT molecular complexity index is 649. The molecule has 0 aromatic carbocycles. The maximum Gasteiger partial charge on any atom is 0.313 e. The molecule has 1 aliphatic carbocycles. The second kappa shape index (κ2) is 5.09. The molecule has 3 rings (SSSR count). The van der Waals surface area contributed by atoms with Gasteiger partial charge in [0, 0.05) is 12.7 Å². The fourth-order valence-corrected chi connectivity index (χ4v) is 3.36. The predicted molar refractivity (Wildman–Crippen MR) is 77.8 cm³/mol. The quantitative estimate of drug-likeness (QED) is 0.858. The van der Waals surface area contributed by atoms with E-state index >= 15 is 0 Å². The molecule has 6 heteroatoms. The molecule has 0 radical (unpaired) electrons. The van der Waals surface area contributed by atoms with Gasteiger partial charge >= 0.3 is 5.97 Å². The van der Waals surface area contributed by atoms with Gasteiger partial charge in [0.1, 0.15) is 5.52 Å². The van der Waals surface area contributed by atoms with Gasteiger partial charge in [0.2, 0.25) is 0 Å². The Labute approximate surface area is 121 Å². The third-order valence-electron chi connectivity index (χ3n) is 3.89. The Morgan fingerprint density at radius 2 is 2.35 bits per heavy atom. The summed E-state index contributed by atoms with van der Waals surface area (Å²) in [5, 5.41) is 9.62. The number of aliphatic carboxylic acids is 1. The van der Waals surface area contributed by atoms with Crippen molar-refractivity contribution in [3.05, 3.63) is 18.3 Å². The molecule has 5 nitrogen and oxygen atoms in total. The lowest BCUT2D eigenvalue weighted by Gasteiger charge is -2.38. The topological polar surface area (TPSA) is 68.0 Å². The van der Waals surface area contributed by atoms with E-state index in [1.165, 1.54) is 31.0 Å². The highest BCUT2D eigenvalue weighted by Crippen LogP contribution is 2.43. The van der Waals surface area contributed by atoms with Crippen molar-refractivity contribution in [2.24, 2.45) is 5.41 Å². The molecule has 0 atom stereocenters. The highest BCUT2D eigenvalue weighted by atomic mass is 32.2. The summed E-state index contributed by atoms with van der Waals surface area (Å²) in [5.74, 6) is -0.795. The first-order chi connectivity index (χ1) is 9.57. The fraction of sp³-hybridized carbons (Fsp3) is 0.500. The summed E-state index contributed by atoms with van der Waals surface area (Å²) in [5.41, 5.74) is 1.99. The second-order valence-corrected chi connectivity index (χ2v) is 6.62. The number of hydrogen-bond acceptors (Lipinski definition) is 4. The Hall–Kier alpha value is -1.56. The minimum absolute atomic E-state index is 0.0278. The van der Waals surface area contributed by atoms with Crippen LogP contribution in [0.2, 0.25) is 0 Å². The number of pyridine rings is 1. The van der Waals surface area contributed by atoms with Crippen molar-refractivity contribution < 1.29 is 9.90 Å². The Morgan fingerprint density at radius 1 is 1.55 bits per heavy atom. The molecule has 0 spiro atoms. The summed E-state index contributed by atoms with van der Waals surface area (Å²) in [7, 11) is 0. The molecule has 2 heterocycles. The van der Waals surface area contributed by atoms with Crippen molar-refractivity contribution >= 4 is 28.9 Å². The Morgan fingerprint density at radius 3 is 3.00 bits per heavy atom. The van der Waals surface area contributed by atoms with Crippen LogP contribution in [-0.4, -0.2) is 31.4 Å². The zero-order valence-electron chi connectivity index (χ0n) is 11.4. The first-order valence-corrected chi connectivity index (χ1v) is 7.72. The van der Waals surface area contributed by atoms with E-state index in [4.69, 9.17) is 5.11 Å². The van der Waals surface area contributed by atoms with Gasteiger partial charge in [-0.3, -0.25) is 4.79 Å². The normalized spacial score (nSPS) is 17.1. The van der Waals surface area contributed by atoms with E-state index in [2.05, 4.69) is 21.5 Å². The summed E-state index contributed by atoms with van der Waals surface area (Å²) >= 11 is 1.27. The minimum atomic E-state index is -0.823. The third-order valence-corrected chi connectivity index (χ3v) is 4.86. The molecule has 0 unspecified atom stereocenters. The van der Waals surface area contributed by atoms with E-state index in [0.717, 1.165) is 22.9 Å². The maximum absolute atomic E-state index is 10.8. The number of imidazole rings is 1. The highest BCUT2D eigenvalue weighted by Gasteiger charge is 2.33. The number of carboxylic acids is 1. The van der Waals surface area contributed by atoms with Gasteiger partial charge < -0.3 is 9.67 Å². The fourth-order valence-electron chi connectivity index (χ4n) is 2.64. The van der Waals surface area contributed by atoms with Crippen LogP contribution >= 0.6 is 11.8 Å². The number of hydrogen-bond donors (Lipinski definition) is 1. The molecule has 0 amide bonds. The van der Waals surface area contributed by atoms with Crippen LogP contribution in [0, 0.1) is 5.41 Å². The molecule has 0 aliphatic heterocycles. The molecular weight excluding hydrogens is 274 g/mol. The second-order valence-electron chi connectivity index (χ2n) is 5.67. The van der Waals surface area contributed by atoms with Gasteiger partial charge in [0.05, 0.1) is 5.75 Å². The van der Waals surface area contributed by atoms with Gasteiger partial charge in [-0.05, 0) is 30.4 Å². The molecule has 2 aromatic rings. The molecule has 20 heavy (non-hydrogen) atoms. The van der Waals surface area contributed by atoms with Gasteiger partial charge in [-0.1, -0.05) is 25.1 Å². The average Bonchev–Trinajstić information content (AvgIpc) is 2.73. The lowest BCUT2D eigenvalue weighted by Crippen LogP contribution is -2.31. The molecule has 0 saturated heterocycles. The van der Waals surface area contributed by atoms with E-state index < -0.39 is 5.97 Å². The van der Waals surface area contributed by atoms with Crippen LogP contribution in [0.3, 0.4) is 0 Å². The van der Waals surface area contributed by atoms with Crippen LogP contribution in [-0.2, 0) is 11.3 Å². The van der Waals surface area contributed by atoms with Crippen molar-refractivity contribution in [3.8, 4) is 0 Å². The summed E-state index contributed by atoms with van der Waals surface area (Å²) in [6.07, 6.45) is 5.45. The van der Waals surface area contributed by atoms with Crippen molar-refractivity contribution in [2.45, 2.75) is 37.9 Å². The van der Waals surface area contributed by atoms with Crippen LogP contribution in [0.5, 0.6) is 0 Å². The van der Waals surface area contributed by atoms with Crippen LogP contribution < -0.4 is 0 Å². The van der Waals surface area contributed by atoms with Gasteiger partial charge in [-0.15, -0.1) is 0 Å². The Balaban J connectivity index is 1.96. The van der Waals surface area contributed by atoms with Gasteiger partial charge in [0.15, 0.2) is 10.8 Å². The summed E-state index contributed by atoms with van der Waals surface area (Å²) in [6.45, 7) is 3.14. The number of thioether (sulfide) groups is 1. The molecule has 106 valence electrons. The molecule has 2 aromatic heterocycles. The molecule has 1 aliphatic rings. The first-order valence-electron chi connectivity index (χ1n) is 6.73. The standard InChI is InChI=1S/C14H17N3O2S/c1-14(5-3-6-14)9-17-12-10(4-2-7-15-12)16-13(17)20-8-11(18)19/h2,4,7H,3,5-6,8-9H2,1H3,(H,18,19). The molecule has 1 N–H and O–H groups in total. The average molecular weight is 291 g/mol. The van der Waals surface area contributed by atoms with Crippen LogP contribution in [0.1, 0.15) is 26.2 Å². The monoisotopic (exact) mass is 291 g/mol. The van der Waals surface area contributed by atoms with Crippen molar-refractivity contribution in [3.63, 3.8) is 0 Å². The number of aromatic nitrogens is 3. The minimum Gasteiger partial charge on any atom is -0.481 e. The van der Waals surface area contributed by atoms with E-state index in [0.29, 0.717) is 5.41 Å². The lowest BCUT2D eigenvalue weighted by atomic mass is 9.70. The lowest BCUT2D eigenvalue weighted by molar-refractivity contribution is -0.133. The number of nitrogens with zero attached hydrogens (tertiary/aromatic N) is 3. The largest absolute Gasteiger partial charge is 0.481 e. The van der Waals surface area contributed by atoms with Crippen LogP contribution in [0.4, 0.5) is 0 Å². The SMILES string of the molecule is CC1(Cn2c(SCC(=O)O)nc3cccnc32)CCC1. The van der Waals surface area contributed by atoms with Gasteiger partial charge in [-0.2, -0.15) is 0 Å². The first kappa shape index (κ1) is 13.4. The molecule has 1 saturated carbocycles. The number of carbonyl (C=O) groups is 1. The smallest absolute Gasteiger partial charge is 0.313 e. The van der Waals surface area contributed by atoms with Crippen LogP contribution in [0.25, 0.3) is 11.2 Å². The van der Waals surface area contributed by atoms with Crippen molar-refractivity contribution in [1.82, 2.24) is 14.5 Å². The summed E-state index contributed by atoms with van der Waals surface area (Å²) in [6, 6.07) is 3.78. The zero-order valence-corrected chi connectivity index (χ0v) is 12.2. The summed E-state index contributed by atoms with van der Waals surface area (Å²) < 4.78 is 2.09. The summed E-state index contributed by atoms with van der Waals surface area (Å²) in [4.78, 5) is 19.7. The number of carboxylic acid groups (broad SMARTS) is 1. The maximum atomic E-state index is 10.8. The number of rotatable bonds is 5. The van der Waals surface area contributed by atoms with Gasteiger partial charge in [-0.25, -0.2) is 9.97 Å². The number of fused-ring (bicyclic) bond motifs is 1. The molecule has 1 fully saturated rings. The third kappa shape index (κ3) is 2.52. The molecular formula is C14H17N3O2S. The molecule has 0 bridgehead atoms. The highest BCUT2D eigenvalue weighted by molar-refractivity contribution is 7.99. The van der Waals surface area contributed by atoms with E-state index in [-0.39, 0.29) is 5.75 Å². The van der Waals surface area contributed by atoms with Crippen molar-refractivity contribution in [2.75, 3.05) is 5.75 Å². The zero-order chi connectivity index (χ0) is 14.2.